The van der Waals surface area contributed by atoms with E-state index in [-0.39, 0.29) is 0 Å². The van der Waals surface area contributed by atoms with Crippen LogP contribution < -0.4 is 10.6 Å². The molecule has 2 rings (SSSR count). The molecule has 1 aliphatic heterocycles. The summed E-state index contributed by atoms with van der Waals surface area (Å²) >= 11 is 0. The predicted molar refractivity (Wildman–Crippen MR) is 112 cm³/mol. The Labute approximate surface area is 164 Å². The number of ether oxygens (including phenoxy) is 2. The van der Waals surface area contributed by atoms with Gasteiger partial charge in [0, 0.05) is 46.1 Å². The molecule has 0 unspecified atom stereocenters. The number of hydrogen-bond donors (Lipinski definition) is 2. The molecule has 5 heteroatoms. The maximum atomic E-state index is 5.81. The number of aryl methyl sites for hydroxylation is 1. The third-order valence-electron chi connectivity index (χ3n) is 4.89. The van der Waals surface area contributed by atoms with Gasteiger partial charge in [0.25, 0.3) is 0 Å². The molecule has 1 aromatic rings. The lowest BCUT2D eigenvalue weighted by Gasteiger charge is -2.21. The van der Waals surface area contributed by atoms with Crippen LogP contribution in [0.4, 0.5) is 0 Å². The first-order chi connectivity index (χ1) is 13.3. The van der Waals surface area contributed by atoms with Crippen molar-refractivity contribution in [3.05, 3.63) is 35.4 Å². The fourth-order valence-corrected chi connectivity index (χ4v) is 3.13. The standard InChI is InChI=1S/C22H37N3O2/c1-3-19-6-8-20(9-7-19)10-14-25-22(23-4-2)24-13-5-15-27-18-21-11-16-26-17-12-21/h6-9,21H,3-5,10-18H2,1-2H3,(H2,23,24,25). The Morgan fingerprint density at radius 2 is 1.85 bits per heavy atom. The highest BCUT2D eigenvalue weighted by Crippen LogP contribution is 2.14. The first-order valence-corrected chi connectivity index (χ1v) is 10.6. The van der Waals surface area contributed by atoms with Crippen LogP contribution in [-0.2, 0) is 22.3 Å². The highest BCUT2D eigenvalue weighted by molar-refractivity contribution is 5.79. The second kappa shape index (κ2) is 13.6. The van der Waals surface area contributed by atoms with E-state index in [0.29, 0.717) is 5.92 Å². The highest BCUT2D eigenvalue weighted by atomic mass is 16.5. The number of nitrogens with zero attached hydrogens (tertiary/aromatic N) is 1. The molecule has 0 aromatic heterocycles. The summed E-state index contributed by atoms with van der Waals surface area (Å²) in [5.41, 5.74) is 2.75. The van der Waals surface area contributed by atoms with Crippen LogP contribution >= 0.6 is 0 Å². The van der Waals surface area contributed by atoms with Gasteiger partial charge in [-0.05, 0) is 56.1 Å². The SMILES string of the molecule is CCNC(=NCCCOCC1CCOCC1)NCCc1ccc(CC)cc1. The van der Waals surface area contributed by atoms with Crippen molar-refractivity contribution in [2.75, 3.05) is 46.1 Å². The van der Waals surface area contributed by atoms with Crippen molar-refractivity contribution < 1.29 is 9.47 Å². The molecule has 1 heterocycles. The minimum Gasteiger partial charge on any atom is -0.381 e. The fourth-order valence-electron chi connectivity index (χ4n) is 3.13. The van der Waals surface area contributed by atoms with Crippen LogP contribution in [0.25, 0.3) is 0 Å². The van der Waals surface area contributed by atoms with Gasteiger partial charge < -0.3 is 20.1 Å². The van der Waals surface area contributed by atoms with Gasteiger partial charge in [0.05, 0.1) is 0 Å². The largest absolute Gasteiger partial charge is 0.381 e. The van der Waals surface area contributed by atoms with Crippen LogP contribution in [0.15, 0.2) is 29.3 Å². The molecule has 0 radical (unpaired) electrons. The van der Waals surface area contributed by atoms with Gasteiger partial charge in [-0.25, -0.2) is 0 Å². The Morgan fingerprint density at radius 3 is 2.56 bits per heavy atom. The molecule has 0 aliphatic carbocycles. The summed E-state index contributed by atoms with van der Waals surface area (Å²) in [6, 6.07) is 8.88. The Morgan fingerprint density at radius 1 is 1.11 bits per heavy atom. The summed E-state index contributed by atoms with van der Waals surface area (Å²) in [5.74, 6) is 1.57. The Hall–Kier alpha value is -1.59. The van der Waals surface area contributed by atoms with E-state index < -0.39 is 0 Å². The van der Waals surface area contributed by atoms with Crippen LogP contribution in [0.2, 0.25) is 0 Å². The van der Waals surface area contributed by atoms with Gasteiger partial charge in [0.15, 0.2) is 5.96 Å². The van der Waals surface area contributed by atoms with E-state index in [0.717, 1.165) is 84.1 Å². The van der Waals surface area contributed by atoms with Crippen molar-refractivity contribution in [2.45, 2.75) is 46.0 Å². The first-order valence-electron chi connectivity index (χ1n) is 10.6. The number of nitrogens with one attached hydrogen (secondary N) is 2. The van der Waals surface area contributed by atoms with Crippen molar-refractivity contribution in [1.29, 1.82) is 0 Å². The maximum Gasteiger partial charge on any atom is 0.191 e. The zero-order valence-electron chi connectivity index (χ0n) is 17.1. The van der Waals surface area contributed by atoms with Crippen LogP contribution in [0, 0.1) is 5.92 Å². The average molecular weight is 376 g/mol. The first kappa shape index (κ1) is 21.7. The van der Waals surface area contributed by atoms with E-state index in [1.165, 1.54) is 11.1 Å². The van der Waals surface area contributed by atoms with Crippen molar-refractivity contribution >= 4 is 5.96 Å². The average Bonchev–Trinajstić information content (AvgIpc) is 2.71. The molecule has 0 saturated carbocycles. The van der Waals surface area contributed by atoms with Crippen molar-refractivity contribution in [1.82, 2.24) is 10.6 Å². The number of aliphatic imine (C=N–C) groups is 1. The summed E-state index contributed by atoms with van der Waals surface area (Å²) in [6.07, 6.45) is 5.32. The minimum absolute atomic E-state index is 0.674. The number of hydrogen-bond acceptors (Lipinski definition) is 3. The van der Waals surface area contributed by atoms with E-state index in [9.17, 15) is 0 Å². The third kappa shape index (κ3) is 9.25. The predicted octanol–water partition coefficient (Wildman–Crippen LogP) is 3.18. The maximum absolute atomic E-state index is 5.81. The van der Waals surface area contributed by atoms with Crippen LogP contribution in [0.5, 0.6) is 0 Å². The summed E-state index contributed by atoms with van der Waals surface area (Å²) < 4.78 is 11.2. The number of rotatable bonds is 11. The van der Waals surface area contributed by atoms with Gasteiger partial charge in [-0.3, -0.25) is 4.99 Å². The minimum atomic E-state index is 0.674. The molecule has 1 saturated heterocycles. The lowest BCUT2D eigenvalue weighted by atomic mass is 10.0. The van der Waals surface area contributed by atoms with Gasteiger partial charge in [-0.15, -0.1) is 0 Å². The molecule has 152 valence electrons. The molecule has 2 N–H and O–H groups in total. The van der Waals surface area contributed by atoms with Gasteiger partial charge in [0.2, 0.25) is 0 Å². The van der Waals surface area contributed by atoms with Gasteiger partial charge in [0.1, 0.15) is 0 Å². The van der Waals surface area contributed by atoms with Crippen molar-refractivity contribution in [3.63, 3.8) is 0 Å². The van der Waals surface area contributed by atoms with E-state index in [1.54, 1.807) is 0 Å². The molecule has 5 nitrogen and oxygen atoms in total. The molecule has 0 amide bonds. The normalized spacial score (nSPS) is 15.7. The smallest absolute Gasteiger partial charge is 0.191 e. The fraction of sp³-hybridized carbons (Fsp3) is 0.682. The van der Waals surface area contributed by atoms with Crippen molar-refractivity contribution in [3.8, 4) is 0 Å². The molecular formula is C22H37N3O2. The Balaban J connectivity index is 1.59. The van der Waals surface area contributed by atoms with E-state index >= 15 is 0 Å². The molecule has 0 spiro atoms. The zero-order chi connectivity index (χ0) is 19.2. The van der Waals surface area contributed by atoms with Crippen LogP contribution in [-0.4, -0.2) is 52.0 Å². The zero-order valence-corrected chi connectivity index (χ0v) is 17.1. The third-order valence-corrected chi connectivity index (χ3v) is 4.89. The van der Waals surface area contributed by atoms with Gasteiger partial charge >= 0.3 is 0 Å². The van der Waals surface area contributed by atoms with Gasteiger partial charge in [-0.2, -0.15) is 0 Å². The summed E-state index contributed by atoms with van der Waals surface area (Å²) in [6.45, 7) is 10.2. The number of guanidine groups is 1. The number of benzene rings is 1. The summed E-state index contributed by atoms with van der Waals surface area (Å²) in [7, 11) is 0. The Bertz CT molecular complexity index is 525. The highest BCUT2D eigenvalue weighted by Gasteiger charge is 2.13. The van der Waals surface area contributed by atoms with E-state index in [4.69, 9.17) is 9.47 Å². The lowest BCUT2D eigenvalue weighted by molar-refractivity contribution is 0.0205. The second-order valence-electron chi connectivity index (χ2n) is 7.09. The molecule has 0 bridgehead atoms. The molecule has 1 aromatic carbocycles. The summed E-state index contributed by atoms with van der Waals surface area (Å²) in [5, 5.41) is 6.74. The van der Waals surface area contributed by atoms with E-state index in [2.05, 4.69) is 53.7 Å². The molecule has 27 heavy (non-hydrogen) atoms. The quantitative estimate of drug-likeness (QED) is 0.354. The summed E-state index contributed by atoms with van der Waals surface area (Å²) in [4.78, 5) is 4.65. The molecule has 1 aliphatic rings. The molecule has 0 atom stereocenters. The molecule has 1 fully saturated rings. The van der Waals surface area contributed by atoms with Crippen LogP contribution in [0.1, 0.15) is 44.2 Å². The lowest BCUT2D eigenvalue weighted by Crippen LogP contribution is -2.38. The topological polar surface area (TPSA) is 54.9 Å². The van der Waals surface area contributed by atoms with Gasteiger partial charge in [-0.1, -0.05) is 31.2 Å². The van der Waals surface area contributed by atoms with Crippen molar-refractivity contribution in [2.24, 2.45) is 10.9 Å². The molecular weight excluding hydrogens is 338 g/mol. The second-order valence-corrected chi connectivity index (χ2v) is 7.09. The Kier molecular flexibility index (Phi) is 10.9. The monoisotopic (exact) mass is 375 g/mol. The van der Waals surface area contributed by atoms with Crippen LogP contribution in [0.3, 0.4) is 0 Å². The van der Waals surface area contributed by atoms with E-state index in [1.807, 2.05) is 0 Å².